The van der Waals surface area contributed by atoms with Crippen molar-refractivity contribution in [2.24, 2.45) is 17.3 Å². The lowest BCUT2D eigenvalue weighted by atomic mass is 9.82. The summed E-state index contributed by atoms with van der Waals surface area (Å²) in [7, 11) is 0. The van der Waals surface area contributed by atoms with Crippen molar-refractivity contribution in [3.8, 4) is 0 Å². The number of carbonyl (C=O) groups is 2. The summed E-state index contributed by atoms with van der Waals surface area (Å²) in [5, 5.41) is 0. The van der Waals surface area contributed by atoms with Gasteiger partial charge in [0, 0.05) is 0 Å². The molecular formula is C19H36O4. The van der Waals surface area contributed by atoms with E-state index in [0.29, 0.717) is 12.8 Å². The largest absolute Gasteiger partial charge is 0.461 e. The number of ether oxygens (including phenoxy) is 2. The molecule has 0 spiro atoms. The van der Waals surface area contributed by atoms with Crippen LogP contribution in [0.15, 0.2) is 0 Å². The minimum absolute atomic E-state index is 0.167. The normalized spacial score (nSPS) is 14.7. The molecule has 4 heteroatoms. The van der Waals surface area contributed by atoms with Gasteiger partial charge in [0.05, 0.1) is 0 Å². The lowest BCUT2D eigenvalue weighted by molar-refractivity contribution is -0.182. The molecule has 0 N–H and O–H groups in total. The first-order valence-electron chi connectivity index (χ1n) is 9.12. The summed E-state index contributed by atoms with van der Waals surface area (Å²) in [6.07, 6.45) is 1.94. The van der Waals surface area contributed by atoms with E-state index in [1.165, 1.54) is 0 Å². The van der Waals surface area contributed by atoms with E-state index in [9.17, 15) is 9.59 Å². The van der Waals surface area contributed by atoms with Gasteiger partial charge in [-0.15, -0.1) is 0 Å². The van der Waals surface area contributed by atoms with E-state index in [1.54, 1.807) is 0 Å². The number of rotatable bonds is 10. The van der Waals surface area contributed by atoms with Crippen molar-refractivity contribution in [2.75, 3.05) is 0 Å². The lowest BCUT2D eigenvalue weighted by Gasteiger charge is -2.32. The Morgan fingerprint density at radius 1 is 0.739 bits per heavy atom. The van der Waals surface area contributed by atoms with Crippen LogP contribution in [-0.2, 0) is 19.1 Å². The summed E-state index contributed by atoms with van der Waals surface area (Å²) < 4.78 is 11.3. The molecule has 0 saturated carbocycles. The zero-order valence-corrected chi connectivity index (χ0v) is 16.3. The topological polar surface area (TPSA) is 52.6 Å². The van der Waals surface area contributed by atoms with Crippen LogP contribution in [-0.4, -0.2) is 24.1 Å². The first kappa shape index (κ1) is 21.9. The second-order valence-electron chi connectivity index (χ2n) is 6.98. The molecule has 4 nitrogen and oxygen atoms in total. The molecule has 0 rings (SSSR count). The average Bonchev–Trinajstić information content (AvgIpc) is 2.51. The lowest BCUT2D eigenvalue weighted by Crippen LogP contribution is -2.44. The summed E-state index contributed by atoms with van der Waals surface area (Å²) in [4.78, 5) is 25.5. The summed E-state index contributed by atoms with van der Waals surface area (Å²) in [6.45, 7) is 15.7. The molecule has 2 unspecified atom stereocenters. The van der Waals surface area contributed by atoms with Gasteiger partial charge >= 0.3 is 11.9 Å². The molecule has 0 aliphatic carbocycles. The van der Waals surface area contributed by atoms with Crippen molar-refractivity contribution in [2.45, 2.75) is 93.3 Å². The maximum atomic E-state index is 12.8. The Morgan fingerprint density at radius 3 is 1.22 bits per heavy atom. The number of hydrogen-bond acceptors (Lipinski definition) is 4. The number of esters is 2. The molecule has 0 fully saturated rings. The summed E-state index contributed by atoms with van der Waals surface area (Å²) in [5.74, 6) is -0.422. The molecule has 136 valence electrons. The Morgan fingerprint density at radius 2 is 1.04 bits per heavy atom. The van der Waals surface area contributed by atoms with Crippen molar-refractivity contribution >= 4 is 11.9 Å². The Hall–Kier alpha value is -1.06. The van der Waals surface area contributed by atoms with Crippen molar-refractivity contribution in [3.63, 3.8) is 0 Å². The van der Waals surface area contributed by atoms with Crippen LogP contribution < -0.4 is 0 Å². The van der Waals surface area contributed by atoms with Gasteiger partial charge in [-0.1, -0.05) is 55.4 Å². The van der Waals surface area contributed by atoms with Gasteiger partial charge in [-0.05, 0) is 37.5 Å². The Bertz CT molecular complexity index is 338. The minimum atomic E-state index is -1.19. The fourth-order valence-electron chi connectivity index (χ4n) is 2.79. The molecule has 0 bridgehead atoms. The van der Waals surface area contributed by atoms with Crippen molar-refractivity contribution in [1.29, 1.82) is 0 Å². The van der Waals surface area contributed by atoms with Crippen LogP contribution >= 0.6 is 0 Å². The summed E-state index contributed by atoms with van der Waals surface area (Å²) in [5.41, 5.74) is -1.19. The fraction of sp³-hybridized carbons (Fsp3) is 0.895. The van der Waals surface area contributed by atoms with Crippen molar-refractivity contribution < 1.29 is 19.1 Å². The van der Waals surface area contributed by atoms with Crippen LogP contribution in [0, 0.1) is 17.3 Å². The number of hydrogen-bond donors (Lipinski definition) is 0. The summed E-state index contributed by atoms with van der Waals surface area (Å²) in [6, 6.07) is 0. The van der Waals surface area contributed by atoms with E-state index in [1.807, 2.05) is 55.4 Å². The standard InChI is InChI=1S/C19H36O4/c1-9-15(13(5)6)22-17(20)19(11-3,12-4)18(21)23-16(10-2)14(7)8/h13-16H,9-12H2,1-8H3. The van der Waals surface area contributed by atoms with Gasteiger partial charge in [0.1, 0.15) is 12.2 Å². The van der Waals surface area contributed by atoms with E-state index < -0.39 is 17.4 Å². The molecule has 0 aromatic rings. The quantitative estimate of drug-likeness (QED) is 0.429. The van der Waals surface area contributed by atoms with E-state index in [4.69, 9.17) is 9.47 Å². The van der Waals surface area contributed by atoms with Gasteiger partial charge in [-0.25, -0.2) is 0 Å². The van der Waals surface area contributed by atoms with E-state index in [0.717, 1.165) is 12.8 Å². The monoisotopic (exact) mass is 328 g/mol. The molecule has 0 radical (unpaired) electrons. The Kier molecular flexibility index (Phi) is 9.48. The second-order valence-corrected chi connectivity index (χ2v) is 6.98. The van der Waals surface area contributed by atoms with Crippen LogP contribution in [0.3, 0.4) is 0 Å². The molecule has 0 heterocycles. The predicted molar refractivity (Wildman–Crippen MR) is 93.0 cm³/mol. The van der Waals surface area contributed by atoms with Crippen LogP contribution in [0.25, 0.3) is 0 Å². The zero-order valence-electron chi connectivity index (χ0n) is 16.3. The highest BCUT2D eigenvalue weighted by atomic mass is 16.6. The molecular weight excluding hydrogens is 292 g/mol. The third kappa shape index (κ3) is 5.50. The molecule has 0 amide bonds. The van der Waals surface area contributed by atoms with Gasteiger partial charge < -0.3 is 9.47 Å². The van der Waals surface area contributed by atoms with E-state index >= 15 is 0 Å². The van der Waals surface area contributed by atoms with Crippen molar-refractivity contribution in [3.05, 3.63) is 0 Å². The maximum absolute atomic E-state index is 12.8. The van der Waals surface area contributed by atoms with E-state index in [-0.39, 0.29) is 24.0 Å². The highest BCUT2D eigenvalue weighted by molar-refractivity contribution is 6.00. The van der Waals surface area contributed by atoms with E-state index in [2.05, 4.69) is 0 Å². The third-order valence-corrected chi connectivity index (χ3v) is 4.80. The molecule has 0 aromatic heterocycles. The van der Waals surface area contributed by atoms with Gasteiger partial charge in [-0.3, -0.25) is 9.59 Å². The van der Waals surface area contributed by atoms with Crippen LogP contribution in [0.1, 0.15) is 81.1 Å². The van der Waals surface area contributed by atoms with Gasteiger partial charge in [0.2, 0.25) is 0 Å². The molecule has 0 aromatic carbocycles. The smallest absolute Gasteiger partial charge is 0.323 e. The molecule has 0 aliphatic rings. The van der Waals surface area contributed by atoms with Crippen LogP contribution in [0.5, 0.6) is 0 Å². The van der Waals surface area contributed by atoms with Crippen molar-refractivity contribution in [1.82, 2.24) is 0 Å². The highest BCUT2D eigenvalue weighted by Crippen LogP contribution is 2.33. The van der Waals surface area contributed by atoms with Gasteiger partial charge in [0.25, 0.3) is 0 Å². The average molecular weight is 328 g/mol. The van der Waals surface area contributed by atoms with Crippen LogP contribution in [0.2, 0.25) is 0 Å². The SMILES string of the molecule is CCC(OC(=O)C(CC)(CC)C(=O)OC(CC)C(C)C)C(C)C. The Labute approximate surface area is 142 Å². The highest BCUT2D eigenvalue weighted by Gasteiger charge is 2.47. The maximum Gasteiger partial charge on any atom is 0.323 e. The molecule has 2 atom stereocenters. The Balaban J connectivity index is 5.31. The molecule has 23 heavy (non-hydrogen) atoms. The first-order valence-corrected chi connectivity index (χ1v) is 9.12. The molecule has 0 aliphatic heterocycles. The molecule has 0 saturated heterocycles. The van der Waals surface area contributed by atoms with Gasteiger partial charge in [0.15, 0.2) is 5.41 Å². The third-order valence-electron chi connectivity index (χ3n) is 4.80. The first-order chi connectivity index (χ1) is 10.7. The second kappa shape index (κ2) is 9.94. The fourth-order valence-corrected chi connectivity index (χ4v) is 2.79. The zero-order chi connectivity index (χ0) is 18.2. The minimum Gasteiger partial charge on any atom is -0.461 e. The summed E-state index contributed by atoms with van der Waals surface area (Å²) >= 11 is 0. The van der Waals surface area contributed by atoms with Gasteiger partial charge in [-0.2, -0.15) is 0 Å². The predicted octanol–water partition coefficient (Wildman–Crippen LogP) is 4.75. The number of carbonyl (C=O) groups excluding carboxylic acids is 2. The van der Waals surface area contributed by atoms with Crippen LogP contribution in [0.4, 0.5) is 0 Å².